The molecule has 84 heavy (non-hydrogen) atoms. The number of ether oxygens (including phenoxy) is 10. The summed E-state index contributed by atoms with van der Waals surface area (Å²) >= 11 is 0. The van der Waals surface area contributed by atoms with Gasteiger partial charge in [-0.3, -0.25) is 4.79 Å². The SMILES string of the molecule is C[C@@H]1O[C@@H](O[C@H]2[C@H](O[C@H]3CC[C@@]4(C)[C@@H](CC[C@]5(C)[C@@H]4CC=C4[C@H]5CC[C@@]5(C(=O)O[C@@H]6O[C@H](CO[C@@H]7O[C@H](CO)[C@@H](O[C@@H]8O[C@@H](C)[C@H](O)[C@@H](O)[C@H]8O)[C@H](O)[C@H]7O)[C@@H](O)[C@H](O)[C@H]6O)CCC(C)(C)C[C@@H]45)[C@]3(C)CO)OC[C@H](O)[C@@H]2O)[C@H](O)[C@H](O)[C@H]1O. The minimum absolute atomic E-state index is 0.0518. The highest BCUT2D eigenvalue weighted by atomic mass is 16.8. The summed E-state index contributed by atoms with van der Waals surface area (Å²) in [5.41, 5.74) is -1.37. The third-order valence-electron chi connectivity index (χ3n) is 22.4. The second-order valence-corrected chi connectivity index (χ2v) is 27.9. The average molecular weight is 1210 g/mol. The minimum atomic E-state index is -1.90. The Hall–Kier alpha value is -1.75. The number of carbonyl (C=O) groups excluding carboxylic acids is 1. The molecule has 0 aromatic carbocycles. The summed E-state index contributed by atoms with van der Waals surface area (Å²) in [5.74, 6) is -0.692. The van der Waals surface area contributed by atoms with Crippen LogP contribution in [0.4, 0.5) is 0 Å². The first-order valence-corrected chi connectivity index (χ1v) is 30.3. The van der Waals surface area contributed by atoms with Gasteiger partial charge < -0.3 is 124 Å². The first kappa shape index (κ1) is 65.2. The molecule has 0 unspecified atom stereocenters. The molecule has 482 valence electrons. The lowest BCUT2D eigenvalue weighted by Gasteiger charge is -2.68. The summed E-state index contributed by atoms with van der Waals surface area (Å²) in [6.07, 6.45) is -29.3. The molecule has 26 heteroatoms. The van der Waals surface area contributed by atoms with Crippen molar-refractivity contribution >= 4 is 5.97 Å². The lowest BCUT2D eigenvalue weighted by molar-refractivity contribution is -0.365. The Morgan fingerprint density at radius 2 is 1.13 bits per heavy atom. The maximum atomic E-state index is 15.1. The van der Waals surface area contributed by atoms with Crippen LogP contribution in [0.25, 0.3) is 0 Å². The van der Waals surface area contributed by atoms with E-state index < -0.39 is 184 Å². The van der Waals surface area contributed by atoms with Crippen molar-refractivity contribution in [3.63, 3.8) is 0 Å². The molecule has 9 fully saturated rings. The van der Waals surface area contributed by atoms with Crippen molar-refractivity contribution in [1.29, 1.82) is 0 Å². The zero-order chi connectivity index (χ0) is 61.1. The van der Waals surface area contributed by atoms with Crippen molar-refractivity contribution < 1.29 is 129 Å². The zero-order valence-corrected chi connectivity index (χ0v) is 48.9. The van der Waals surface area contributed by atoms with Gasteiger partial charge in [0.1, 0.15) is 104 Å². The predicted octanol–water partition coefficient (Wildman–Crippen LogP) is -2.93. The van der Waals surface area contributed by atoms with E-state index in [0.717, 1.165) is 12.8 Å². The quantitative estimate of drug-likeness (QED) is 0.0498. The highest BCUT2D eigenvalue weighted by molar-refractivity contribution is 5.79. The van der Waals surface area contributed by atoms with Crippen molar-refractivity contribution in [1.82, 2.24) is 0 Å². The number of rotatable bonds is 13. The van der Waals surface area contributed by atoms with Crippen LogP contribution in [0.15, 0.2) is 11.6 Å². The van der Waals surface area contributed by atoms with Crippen LogP contribution in [0.1, 0.15) is 113 Å². The van der Waals surface area contributed by atoms with Crippen LogP contribution >= 0.6 is 0 Å². The van der Waals surface area contributed by atoms with Crippen LogP contribution in [-0.4, -0.2) is 263 Å². The van der Waals surface area contributed by atoms with E-state index >= 15 is 4.79 Å². The molecule has 0 amide bonds. The van der Waals surface area contributed by atoms with Gasteiger partial charge in [-0.15, -0.1) is 0 Å². The van der Waals surface area contributed by atoms with Gasteiger partial charge in [0.2, 0.25) is 6.29 Å². The van der Waals surface area contributed by atoms with Gasteiger partial charge >= 0.3 is 5.97 Å². The molecule has 5 heterocycles. The summed E-state index contributed by atoms with van der Waals surface area (Å²) in [5, 5.41) is 162. The Morgan fingerprint density at radius 1 is 0.548 bits per heavy atom. The molecule has 0 spiro atoms. The average Bonchev–Trinajstić information content (AvgIpc) is 0.786. The van der Waals surface area contributed by atoms with E-state index in [-0.39, 0.29) is 53.1 Å². The van der Waals surface area contributed by atoms with E-state index in [4.69, 9.17) is 47.4 Å². The Balaban J connectivity index is 0.820. The fourth-order valence-electron chi connectivity index (χ4n) is 17.2. The number of hydrogen-bond acceptors (Lipinski definition) is 26. The molecule has 5 saturated heterocycles. The molecule has 0 bridgehead atoms. The molecular weight excluding hydrogens is 1110 g/mol. The summed E-state index contributed by atoms with van der Waals surface area (Å²) in [6.45, 7) is 12.0. The van der Waals surface area contributed by atoms with Crippen LogP contribution in [0.5, 0.6) is 0 Å². The van der Waals surface area contributed by atoms with E-state index in [0.29, 0.717) is 51.4 Å². The minimum Gasteiger partial charge on any atom is -0.432 e. The number of aliphatic hydroxyl groups is 15. The Labute approximate surface area is 488 Å². The van der Waals surface area contributed by atoms with Crippen LogP contribution in [-0.2, 0) is 52.2 Å². The van der Waals surface area contributed by atoms with Crippen molar-refractivity contribution in [2.45, 2.75) is 266 Å². The van der Waals surface area contributed by atoms with Gasteiger partial charge in [-0.1, -0.05) is 46.3 Å². The fraction of sp³-hybridized carbons (Fsp3) is 0.948. The normalized spacial score (nSPS) is 54.9. The molecule has 0 aromatic rings. The Kier molecular flexibility index (Phi) is 19.0. The third-order valence-corrected chi connectivity index (χ3v) is 22.4. The molecule has 0 aromatic heterocycles. The highest BCUT2D eigenvalue weighted by Crippen LogP contribution is 2.72. The number of esters is 1. The van der Waals surface area contributed by atoms with Crippen LogP contribution in [0, 0.1) is 50.7 Å². The number of hydrogen-bond donors (Lipinski definition) is 15. The molecule has 4 saturated carbocycles. The fourth-order valence-corrected chi connectivity index (χ4v) is 17.2. The van der Waals surface area contributed by atoms with E-state index in [1.165, 1.54) is 19.4 Å². The lowest BCUT2D eigenvalue weighted by Crippen LogP contribution is -2.65. The number of carbonyl (C=O) groups is 1. The van der Waals surface area contributed by atoms with Crippen LogP contribution in [0.2, 0.25) is 0 Å². The van der Waals surface area contributed by atoms with Crippen molar-refractivity contribution in [3.05, 3.63) is 11.6 Å². The maximum absolute atomic E-state index is 15.1. The van der Waals surface area contributed by atoms with Crippen LogP contribution < -0.4 is 0 Å². The third kappa shape index (κ3) is 11.2. The summed E-state index contributed by atoms with van der Waals surface area (Å²) in [4.78, 5) is 15.1. The van der Waals surface area contributed by atoms with Crippen LogP contribution in [0.3, 0.4) is 0 Å². The molecular formula is C58H94O26. The van der Waals surface area contributed by atoms with Crippen molar-refractivity contribution in [3.8, 4) is 0 Å². The van der Waals surface area contributed by atoms with Gasteiger partial charge in [-0.2, -0.15) is 0 Å². The smallest absolute Gasteiger partial charge is 0.315 e. The van der Waals surface area contributed by atoms with Gasteiger partial charge in [-0.25, -0.2) is 0 Å². The molecule has 33 atom stereocenters. The second kappa shape index (κ2) is 24.5. The molecule has 5 aliphatic heterocycles. The molecule has 10 aliphatic rings. The largest absolute Gasteiger partial charge is 0.432 e. The first-order valence-electron chi connectivity index (χ1n) is 30.3. The molecule has 5 aliphatic carbocycles. The summed E-state index contributed by atoms with van der Waals surface area (Å²) in [6, 6.07) is 0. The second-order valence-electron chi connectivity index (χ2n) is 27.9. The van der Waals surface area contributed by atoms with Gasteiger partial charge in [-0.05, 0) is 118 Å². The summed E-state index contributed by atoms with van der Waals surface area (Å²) < 4.78 is 59.3. The number of fused-ring (bicyclic) bond motifs is 7. The van der Waals surface area contributed by atoms with E-state index in [2.05, 4.69) is 33.8 Å². The highest BCUT2D eigenvalue weighted by Gasteiger charge is 2.68. The van der Waals surface area contributed by atoms with Crippen molar-refractivity contribution in [2.24, 2.45) is 50.7 Å². The lowest BCUT2D eigenvalue weighted by atomic mass is 9.37. The Morgan fingerprint density at radius 3 is 1.76 bits per heavy atom. The predicted molar refractivity (Wildman–Crippen MR) is 283 cm³/mol. The molecule has 10 rings (SSSR count). The van der Waals surface area contributed by atoms with Gasteiger partial charge in [0.25, 0.3) is 0 Å². The maximum Gasteiger partial charge on any atom is 0.315 e. The number of allylic oxidation sites excluding steroid dienone is 2. The van der Waals surface area contributed by atoms with Crippen molar-refractivity contribution in [2.75, 3.05) is 26.4 Å². The summed E-state index contributed by atoms with van der Waals surface area (Å²) in [7, 11) is 0. The standard InChI is InChI=1S/C58H94O26/c1-23-34(62)38(66)42(70)49(77-23)82-46-29(19-59)79-48(45(73)41(46)69)76-21-30-37(65)40(68)44(72)51(80-30)84-53(74)58-15-10-26-25(27(58)18-54(3,4)16-17-58)8-9-31-55(26,5)13-11-32-56(31,6)14-12-33(57(32,7)22-60)81-52-47(36(64)28(61)20-75-52)83-50-43(71)39(67)35(63)24(2)78-50/h8,23-24,26-52,59-73H,9-22H2,1-7H3/t23-,24-,26+,27-,28-,29+,30+,31-,32+,33-,34-,35-,36-,37+,38+,39+,40-,41+,42+,43+,44+,45+,46+,47+,48+,49-,50-,51-,52-,55-,56+,57-,58+/m0/s1. The van der Waals surface area contributed by atoms with Gasteiger partial charge in [0.15, 0.2) is 25.2 Å². The Bertz CT molecular complexity index is 2310. The van der Waals surface area contributed by atoms with Gasteiger partial charge in [0, 0.05) is 5.41 Å². The van der Waals surface area contributed by atoms with E-state index in [1.54, 1.807) is 0 Å². The monoisotopic (exact) mass is 1210 g/mol. The number of aliphatic hydroxyl groups excluding tert-OH is 15. The molecule has 0 radical (unpaired) electrons. The van der Waals surface area contributed by atoms with E-state index in [9.17, 15) is 76.6 Å². The first-order chi connectivity index (χ1) is 39.5. The zero-order valence-electron chi connectivity index (χ0n) is 48.9. The van der Waals surface area contributed by atoms with Gasteiger partial charge in [0.05, 0.1) is 50.2 Å². The topological polar surface area (TPSA) is 413 Å². The van der Waals surface area contributed by atoms with E-state index in [1.807, 2.05) is 6.92 Å². The molecule has 26 nitrogen and oxygen atoms in total. The molecule has 15 N–H and O–H groups in total.